The minimum absolute atomic E-state index is 0.0508. The van der Waals surface area contributed by atoms with Gasteiger partial charge >= 0.3 is 0 Å². The molecular weight excluding hydrogens is 386 g/mol. The van der Waals surface area contributed by atoms with E-state index in [1.54, 1.807) is 23.4 Å². The van der Waals surface area contributed by atoms with Crippen molar-refractivity contribution >= 4 is 34.0 Å². The van der Waals surface area contributed by atoms with Gasteiger partial charge in [0, 0.05) is 29.0 Å². The Morgan fingerprint density at radius 2 is 2.10 bits per heavy atom. The average Bonchev–Trinajstić information content (AvgIpc) is 3.19. The van der Waals surface area contributed by atoms with Crippen molar-refractivity contribution in [1.82, 2.24) is 14.9 Å². The molecule has 1 aliphatic heterocycles. The second kappa shape index (κ2) is 8.00. The second-order valence-corrected chi connectivity index (χ2v) is 8.00. The van der Waals surface area contributed by atoms with Crippen LogP contribution in [0.1, 0.15) is 24.2 Å². The highest BCUT2D eigenvalue weighted by Crippen LogP contribution is 2.28. The minimum atomic E-state index is -0.280. The molecule has 0 bridgehead atoms. The number of pyridine rings is 1. The van der Waals surface area contributed by atoms with Crippen LogP contribution >= 0.6 is 11.3 Å². The highest BCUT2D eigenvalue weighted by Gasteiger charge is 2.34. The first-order chi connectivity index (χ1) is 14.0. The van der Waals surface area contributed by atoms with E-state index in [1.807, 2.05) is 49.6 Å². The summed E-state index contributed by atoms with van der Waals surface area (Å²) in [5.74, 6) is -0.294. The number of hydrogen-bond acceptors (Lipinski definition) is 6. The lowest BCUT2D eigenvalue weighted by molar-refractivity contribution is -0.117. The third kappa shape index (κ3) is 3.97. The van der Waals surface area contributed by atoms with Gasteiger partial charge in [-0.3, -0.25) is 14.6 Å². The Morgan fingerprint density at radius 3 is 2.86 bits per heavy atom. The topological polar surface area (TPSA) is 87.2 Å². The van der Waals surface area contributed by atoms with E-state index >= 15 is 0 Å². The molecule has 2 N–H and O–H groups in total. The molecule has 29 heavy (non-hydrogen) atoms. The maximum absolute atomic E-state index is 13.0. The van der Waals surface area contributed by atoms with Gasteiger partial charge in [0.15, 0.2) is 5.13 Å². The van der Waals surface area contributed by atoms with Gasteiger partial charge in [-0.2, -0.15) is 0 Å². The monoisotopic (exact) mass is 407 g/mol. The van der Waals surface area contributed by atoms with E-state index in [2.05, 4.69) is 20.6 Å². The summed E-state index contributed by atoms with van der Waals surface area (Å²) < 4.78 is 0. The maximum atomic E-state index is 13.0. The van der Waals surface area contributed by atoms with Crippen LogP contribution in [0.2, 0.25) is 0 Å². The number of nitrogens with one attached hydrogen (secondary N) is 2. The lowest BCUT2D eigenvalue weighted by atomic mass is 10.0. The van der Waals surface area contributed by atoms with E-state index in [0.29, 0.717) is 10.7 Å². The van der Waals surface area contributed by atoms with Gasteiger partial charge in [-0.1, -0.05) is 26.0 Å². The lowest BCUT2D eigenvalue weighted by Gasteiger charge is -2.39. The van der Waals surface area contributed by atoms with Crippen molar-refractivity contribution in [2.75, 3.05) is 17.2 Å². The summed E-state index contributed by atoms with van der Waals surface area (Å²) >= 11 is 1.34. The van der Waals surface area contributed by atoms with E-state index in [0.717, 1.165) is 16.9 Å². The van der Waals surface area contributed by atoms with Gasteiger partial charge in [0.1, 0.15) is 12.7 Å². The third-order valence-electron chi connectivity index (χ3n) is 4.71. The van der Waals surface area contributed by atoms with Gasteiger partial charge in [0.05, 0.1) is 11.3 Å². The molecule has 0 saturated carbocycles. The molecule has 0 unspecified atom stereocenters. The molecule has 148 valence electrons. The van der Waals surface area contributed by atoms with Crippen LogP contribution in [0.5, 0.6) is 0 Å². The van der Waals surface area contributed by atoms with Gasteiger partial charge in [-0.15, -0.1) is 11.3 Å². The summed E-state index contributed by atoms with van der Waals surface area (Å²) in [5.41, 5.74) is 3.01. The van der Waals surface area contributed by atoms with Crippen molar-refractivity contribution in [1.29, 1.82) is 0 Å². The van der Waals surface area contributed by atoms with Gasteiger partial charge in [-0.25, -0.2) is 4.98 Å². The molecule has 0 fully saturated rings. The minimum Gasteiger partial charge on any atom is -0.364 e. The number of aromatic nitrogens is 2. The fourth-order valence-electron chi connectivity index (χ4n) is 3.30. The number of carbonyl (C=O) groups excluding carboxylic acids is 2. The number of fused-ring (bicyclic) bond motifs is 1. The predicted octanol–water partition coefficient (Wildman–Crippen LogP) is 3.69. The Bertz CT molecular complexity index is 1030. The number of carbonyl (C=O) groups is 2. The van der Waals surface area contributed by atoms with Crippen molar-refractivity contribution in [3.8, 4) is 11.3 Å². The molecule has 2 amide bonds. The molecule has 1 atom stereocenters. The molecule has 1 aliphatic rings. The first-order valence-electron chi connectivity index (χ1n) is 9.35. The van der Waals surface area contributed by atoms with E-state index in [4.69, 9.17) is 0 Å². The molecule has 0 aliphatic carbocycles. The third-order valence-corrected chi connectivity index (χ3v) is 5.47. The predicted molar refractivity (Wildman–Crippen MR) is 114 cm³/mol. The van der Waals surface area contributed by atoms with Crippen LogP contribution in [-0.4, -0.2) is 39.4 Å². The number of rotatable bonds is 5. The molecule has 8 heteroatoms. The highest BCUT2D eigenvalue weighted by atomic mass is 32.1. The number of para-hydroxylation sites is 1. The van der Waals surface area contributed by atoms with Crippen LogP contribution in [-0.2, 0) is 4.79 Å². The molecule has 0 radical (unpaired) electrons. The molecule has 4 rings (SSSR count). The fraction of sp³-hybridized carbons (Fsp3) is 0.238. The number of nitrogens with zero attached hydrogens (tertiary/aromatic N) is 3. The Kier molecular flexibility index (Phi) is 5.26. The first-order valence-corrected chi connectivity index (χ1v) is 10.2. The summed E-state index contributed by atoms with van der Waals surface area (Å²) in [6.07, 6.45) is 3.17. The lowest BCUT2D eigenvalue weighted by Crippen LogP contribution is -2.53. The average molecular weight is 407 g/mol. The van der Waals surface area contributed by atoms with Crippen LogP contribution in [0.3, 0.4) is 0 Å². The Morgan fingerprint density at radius 1 is 1.28 bits per heavy atom. The van der Waals surface area contributed by atoms with Crippen molar-refractivity contribution in [2.45, 2.75) is 20.0 Å². The zero-order valence-electron chi connectivity index (χ0n) is 16.1. The zero-order chi connectivity index (χ0) is 20.4. The SMILES string of the molecule is CC(C)[C@@H]1Nc2ccccc2C(=O)N1CC(=O)Nc1nc(-c2cccnc2)cs1. The van der Waals surface area contributed by atoms with Crippen LogP contribution < -0.4 is 10.6 Å². The van der Waals surface area contributed by atoms with Crippen molar-refractivity contribution in [3.05, 3.63) is 59.7 Å². The maximum Gasteiger partial charge on any atom is 0.258 e. The van der Waals surface area contributed by atoms with E-state index in [1.165, 1.54) is 11.3 Å². The number of amides is 2. The summed E-state index contributed by atoms with van der Waals surface area (Å²) in [6.45, 7) is 3.99. The van der Waals surface area contributed by atoms with Gasteiger partial charge in [0.25, 0.3) is 5.91 Å². The second-order valence-electron chi connectivity index (χ2n) is 7.14. The van der Waals surface area contributed by atoms with Crippen LogP contribution in [0.15, 0.2) is 54.2 Å². The first kappa shape index (κ1) is 19.1. The molecule has 7 nitrogen and oxygen atoms in total. The van der Waals surface area contributed by atoms with Crippen molar-refractivity contribution < 1.29 is 9.59 Å². The summed E-state index contributed by atoms with van der Waals surface area (Å²) in [6, 6.07) is 11.1. The summed E-state index contributed by atoms with van der Waals surface area (Å²) in [7, 11) is 0. The number of hydrogen-bond donors (Lipinski definition) is 2. The van der Waals surface area contributed by atoms with E-state index < -0.39 is 0 Å². The largest absolute Gasteiger partial charge is 0.364 e. The summed E-state index contributed by atoms with van der Waals surface area (Å²) in [5, 5.41) is 8.55. The molecule has 0 spiro atoms. The van der Waals surface area contributed by atoms with Crippen molar-refractivity contribution in [2.24, 2.45) is 5.92 Å². The van der Waals surface area contributed by atoms with Gasteiger partial charge in [-0.05, 0) is 30.2 Å². The summed E-state index contributed by atoms with van der Waals surface area (Å²) in [4.78, 5) is 35.8. The van der Waals surface area contributed by atoms with E-state index in [-0.39, 0.29) is 30.4 Å². The quantitative estimate of drug-likeness (QED) is 0.673. The molecule has 1 aromatic carbocycles. The molecular formula is C21H21N5O2S. The Balaban J connectivity index is 1.49. The zero-order valence-corrected chi connectivity index (χ0v) is 16.9. The molecule has 2 aromatic heterocycles. The standard InChI is InChI=1S/C21H21N5O2S/c1-13(2)19-23-16-8-4-3-7-15(16)20(28)26(19)11-18(27)25-21-24-17(12-29-21)14-6-5-9-22-10-14/h3-10,12-13,19,23H,11H2,1-2H3,(H,24,25,27)/t19-/m1/s1. The number of benzene rings is 1. The van der Waals surface area contributed by atoms with Crippen LogP contribution in [0.25, 0.3) is 11.3 Å². The Labute approximate surface area is 172 Å². The highest BCUT2D eigenvalue weighted by molar-refractivity contribution is 7.14. The molecule has 0 saturated heterocycles. The molecule has 3 aromatic rings. The van der Waals surface area contributed by atoms with Gasteiger partial charge < -0.3 is 15.5 Å². The fourth-order valence-corrected chi connectivity index (χ4v) is 4.04. The van der Waals surface area contributed by atoms with Crippen LogP contribution in [0.4, 0.5) is 10.8 Å². The number of thiazole rings is 1. The smallest absolute Gasteiger partial charge is 0.258 e. The normalized spacial score (nSPS) is 15.8. The Hall–Kier alpha value is -3.26. The van der Waals surface area contributed by atoms with Gasteiger partial charge in [0.2, 0.25) is 5.91 Å². The van der Waals surface area contributed by atoms with E-state index in [9.17, 15) is 9.59 Å². The molecule has 3 heterocycles. The number of anilines is 2. The van der Waals surface area contributed by atoms with Crippen LogP contribution in [0, 0.1) is 5.92 Å². The van der Waals surface area contributed by atoms with Crippen molar-refractivity contribution in [3.63, 3.8) is 0 Å².